The van der Waals surface area contributed by atoms with Crippen LogP contribution in [0.25, 0.3) is 11.4 Å². The molecule has 2 aromatic heterocycles. The van der Waals surface area contributed by atoms with E-state index in [2.05, 4.69) is 22.0 Å². The molecule has 6 heteroatoms. The van der Waals surface area contributed by atoms with Gasteiger partial charge in [-0.05, 0) is 43.8 Å². The molecule has 6 nitrogen and oxygen atoms in total. The molecule has 0 amide bonds. The van der Waals surface area contributed by atoms with Gasteiger partial charge in [0.15, 0.2) is 0 Å². The number of aliphatic hydroxyl groups excluding tert-OH is 1. The lowest BCUT2D eigenvalue weighted by molar-refractivity contribution is 0.0348. The molecular formula is C15H21N3O3. The number of rotatable bonds is 5. The molecule has 1 N–H and O–H groups in total. The molecule has 0 aromatic carbocycles. The summed E-state index contributed by atoms with van der Waals surface area (Å²) in [6.07, 6.45) is 6.26. The van der Waals surface area contributed by atoms with Gasteiger partial charge in [0, 0.05) is 6.61 Å². The van der Waals surface area contributed by atoms with Crippen LogP contribution in [0.2, 0.25) is 0 Å². The van der Waals surface area contributed by atoms with Crippen molar-refractivity contribution in [1.29, 1.82) is 0 Å². The van der Waals surface area contributed by atoms with Gasteiger partial charge in [0.05, 0.1) is 18.4 Å². The summed E-state index contributed by atoms with van der Waals surface area (Å²) in [5, 5.41) is 13.5. The Hall–Kier alpha value is -1.66. The first kappa shape index (κ1) is 14.3. The van der Waals surface area contributed by atoms with Crippen LogP contribution >= 0.6 is 0 Å². The number of aliphatic hydroxyl groups is 1. The lowest BCUT2D eigenvalue weighted by atomic mass is 9.77. The van der Waals surface area contributed by atoms with Crippen molar-refractivity contribution in [2.75, 3.05) is 19.7 Å². The van der Waals surface area contributed by atoms with Gasteiger partial charge in [-0.2, -0.15) is 4.98 Å². The lowest BCUT2D eigenvalue weighted by Crippen LogP contribution is -2.41. The van der Waals surface area contributed by atoms with E-state index in [9.17, 15) is 5.11 Å². The maximum atomic E-state index is 9.56. The maximum absolute atomic E-state index is 9.56. The zero-order valence-corrected chi connectivity index (χ0v) is 12.3. The predicted octanol–water partition coefficient (Wildman–Crippen LogP) is 2.31. The van der Waals surface area contributed by atoms with Crippen LogP contribution in [-0.2, 0) is 6.54 Å². The Labute approximate surface area is 123 Å². The summed E-state index contributed by atoms with van der Waals surface area (Å²) in [5.41, 5.74) is 0.932. The Morgan fingerprint density at radius 1 is 1.38 bits per heavy atom. The monoisotopic (exact) mass is 291 g/mol. The van der Waals surface area contributed by atoms with Gasteiger partial charge in [-0.25, -0.2) is 0 Å². The molecule has 0 unspecified atom stereocenters. The average Bonchev–Trinajstić information content (AvgIpc) is 3.19. The van der Waals surface area contributed by atoms with E-state index >= 15 is 0 Å². The Morgan fingerprint density at radius 3 is 2.81 bits per heavy atom. The van der Waals surface area contributed by atoms with E-state index < -0.39 is 0 Å². The Morgan fingerprint density at radius 2 is 2.19 bits per heavy atom. The van der Waals surface area contributed by atoms with Crippen LogP contribution in [-0.4, -0.2) is 39.8 Å². The van der Waals surface area contributed by atoms with Crippen molar-refractivity contribution in [1.82, 2.24) is 15.0 Å². The van der Waals surface area contributed by atoms with Gasteiger partial charge in [-0.1, -0.05) is 12.1 Å². The first-order chi connectivity index (χ1) is 10.2. The number of aromatic nitrogens is 2. The van der Waals surface area contributed by atoms with E-state index in [4.69, 9.17) is 8.94 Å². The standard InChI is InChI=1S/C15H21N3O3/c1-2-15(11-19)4-6-18(7-5-15)9-13-16-14(17-21-13)12-3-8-20-10-12/h3,8,10,19H,2,4-7,9,11H2,1H3. The minimum atomic E-state index is 0.104. The number of nitrogens with zero attached hydrogens (tertiary/aromatic N) is 3. The quantitative estimate of drug-likeness (QED) is 0.911. The summed E-state index contributed by atoms with van der Waals surface area (Å²) in [6.45, 7) is 5.01. The molecule has 0 bridgehead atoms. The molecule has 21 heavy (non-hydrogen) atoms. The summed E-state index contributed by atoms with van der Waals surface area (Å²) in [7, 11) is 0. The molecule has 1 saturated heterocycles. The van der Waals surface area contributed by atoms with Crippen molar-refractivity contribution in [2.45, 2.75) is 32.7 Å². The summed E-state index contributed by atoms with van der Waals surface area (Å²) in [4.78, 5) is 6.70. The molecule has 1 aliphatic rings. The zero-order chi connectivity index (χ0) is 14.7. The fraction of sp³-hybridized carbons (Fsp3) is 0.600. The third-order valence-corrected chi connectivity index (χ3v) is 4.61. The van der Waals surface area contributed by atoms with Crippen molar-refractivity contribution < 1.29 is 14.0 Å². The van der Waals surface area contributed by atoms with Gasteiger partial charge < -0.3 is 14.0 Å². The number of hydrogen-bond acceptors (Lipinski definition) is 6. The van der Waals surface area contributed by atoms with E-state index in [1.807, 2.05) is 6.07 Å². The van der Waals surface area contributed by atoms with Gasteiger partial charge in [0.1, 0.15) is 6.26 Å². The van der Waals surface area contributed by atoms with Crippen molar-refractivity contribution in [3.63, 3.8) is 0 Å². The molecule has 0 aliphatic carbocycles. The van der Waals surface area contributed by atoms with Crippen LogP contribution in [0.1, 0.15) is 32.1 Å². The molecule has 2 aromatic rings. The van der Waals surface area contributed by atoms with Crippen molar-refractivity contribution in [3.05, 3.63) is 24.5 Å². The molecule has 3 heterocycles. The lowest BCUT2D eigenvalue weighted by Gasteiger charge is -2.39. The number of furan rings is 1. The largest absolute Gasteiger partial charge is 0.472 e. The van der Waals surface area contributed by atoms with E-state index in [1.165, 1.54) is 0 Å². The second-order valence-electron chi connectivity index (χ2n) is 5.81. The average molecular weight is 291 g/mol. The maximum Gasteiger partial charge on any atom is 0.241 e. The van der Waals surface area contributed by atoms with E-state index in [0.29, 0.717) is 18.3 Å². The Kier molecular flexibility index (Phi) is 4.07. The third-order valence-electron chi connectivity index (χ3n) is 4.61. The minimum Gasteiger partial charge on any atom is -0.472 e. The minimum absolute atomic E-state index is 0.104. The number of piperidine rings is 1. The van der Waals surface area contributed by atoms with Crippen molar-refractivity contribution in [3.8, 4) is 11.4 Å². The molecule has 0 spiro atoms. The molecule has 114 valence electrons. The second kappa shape index (κ2) is 5.99. The van der Waals surface area contributed by atoms with E-state index in [-0.39, 0.29) is 12.0 Å². The highest BCUT2D eigenvalue weighted by molar-refractivity contribution is 5.51. The van der Waals surface area contributed by atoms with Gasteiger partial charge >= 0.3 is 0 Å². The highest BCUT2D eigenvalue weighted by Crippen LogP contribution is 2.34. The second-order valence-corrected chi connectivity index (χ2v) is 5.81. The number of hydrogen-bond donors (Lipinski definition) is 1. The van der Waals surface area contributed by atoms with Crippen LogP contribution in [0.15, 0.2) is 27.5 Å². The van der Waals surface area contributed by atoms with Crippen LogP contribution in [0.5, 0.6) is 0 Å². The molecule has 0 saturated carbocycles. The third kappa shape index (κ3) is 3.01. The van der Waals surface area contributed by atoms with E-state index in [0.717, 1.165) is 37.9 Å². The fourth-order valence-corrected chi connectivity index (χ4v) is 2.83. The highest BCUT2D eigenvalue weighted by atomic mass is 16.5. The van der Waals surface area contributed by atoms with Gasteiger partial charge in [0.2, 0.25) is 11.7 Å². The van der Waals surface area contributed by atoms with Gasteiger partial charge in [-0.15, -0.1) is 0 Å². The van der Waals surface area contributed by atoms with Crippen LogP contribution < -0.4 is 0 Å². The summed E-state index contributed by atoms with van der Waals surface area (Å²) < 4.78 is 10.3. The first-order valence-corrected chi connectivity index (χ1v) is 7.43. The first-order valence-electron chi connectivity index (χ1n) is 7.43. The highest BCUT2D eigenvalue weighted by Gasteiger charge is 2.32. The fourth-order valence-electron chi connectivity index (χ4n) is 2.83. The molecule has 3 rings (SSSR count). The molecule has 1 aliphatic heterocycles. The summed E-state index contributed by atoms with van der Waals surface area (Å²) in [5.74, 6) is 1.19. The smallest absolute Gasteiger partial charge is 0.241 e. The van der Waals surface area contributed by atoms with Gasteiger partial charge in [0.25, 0.3) is 0 Å². The normalized spacial score (nSPS) is 19.0. The molecular weight excluding hydrogens is 270 g/mol. The van der Waals surface area contributed by atoms with Crippen molar-refractivity contribution >= 4 is 0 Å². The Balaban J connectivity index is 1.59. The van der Waals surface area contributed by atoms with E-state index in [1.54, 1.807) is 12.5 Å². The zero-order valence-electron chi connectivity index (χ0n) is 12.3. The molecule has 0 radical (unpaired) electrons. The van der Waals surface area contributed by atoms with Crippen LogP contribution in [0.4, 0.5) is 0 Å². The van der Waals surface area contributed by atoms with Crippen LogP contribution in [0, 0.1) is 5.41 Å². The summed E-state index contributed by atoms with van der Waals surface area (Å²) in [6, 6.07) is 1.81. The predicted molar refractivity (Wildman–Crippen MR) is 76.3 cm³/mol. The van der Waals surface area contributed by atoms with Gasteiger partial charge in [-0.3, -0.25) is 4.90 Å². The SMILES string of the molecule is CCC1(CO)CCN(Cc2nc(-c3ccoc3)no2)CC1. The Bertz CT molecular complexity index is 550. The van der Waals surface area contributed by atoms with Crippen molar-refractivity contribution in [2.24, 2.45) is 5.41 Å². The summed E-state index contributed by atoms with van der Waals surface area (Å²) >= 11 is 0. The topological polar surface area (TPSA) is 75.5 Å². The van der Waals surface area contributed by atoms with Crippen LogP contribution in [0.3, 0.4) is 0 Å². The molecule has 0 atom stereocenters. The molecule has 1 fully saturated rings. The number of likely N-dealkylation sites (tertiary alicyclic amines) is 1.